The van der Waals surface area contributed by atoms with Crippen LogP contribution in [0.3, 0.4) is 0 Å². The zero-order valence-electron chi connectivity index (χ0n) is 20.1. The van der Waals surface area contributed by atoms with Crippen molar-refractivity contribution in [1.82, 2.24) is 24.8 Å². The highest BCUT2D eigenvalue weighted by atomic mass is 32.2. The first-order valence-electron chi connectivity index (χ1n) is 11.7. The normalized spacial score (nSPS) is 21.2. The topological polar surface area (TPSA) is 209 Å². The van der Waals surface area contributed by atoms with E-state index in [1.54, 1.807) is 0 Å². The van der Waals surface area contributed by atoms with Gasteiger partial charge in [0.2, 0.25) is 0 Å². The minimum atomic E-state index is -4.39. The predicted octanol–water partition coefficient (Wildman–Crippen LogP) is 0.358. The standard InChI is InChI=1S/C24H24N6O8S/c31-11-16-19(32)20(33)24(38-16)30-12-26-18-21(27-14-4-2-1-3-5-14)28-17(29-22(18)30)10-25-23(34)13-6-8-15(9-7-13)39(35,36)37/h1-9,12,16,19-20,24,31-33H,10-11H2,(H,25,34)(H,27,28,29)(H,35,36,37)/t16-,19-,20+,24-/m1/s1. The summed E-state index contributed by atoms with van der Waals surface area (Å²) in [6.07, 6.45) is -3.42. The van der Waals surface area contributed by atoms with E-state index in [2.05, 4.69) is 25.6 Å². The van der Waals surface area contributed by atoms with Gasteiger partial charge in [-0.2, -0.15) is 8.42 Å². The number of aromatic nitrogens is 4. The average Bonchev–Trinajstić information content (AvgIpc) is 3.47. The molecule has 0 aliphatic carbocycles. The second kappa shape index (κ2) is 10.6. The third kappa shape index (κ3) is 5.44. The Morgan fingerprint density at radius 1 is 1.03 bits per heavy atom. The number of carbonyl (C=O) groups excluding carboxylic acids is 1. The Kier molecular flexibility index (Phi) is 7.26. The van der Waals surface area contributed by atoms with Crippen molar-refractivity contribution in [3.05, 3.63) is 72.3 Å². The van der Waals surface area contributed by atoms with Crippen LogP contribution < -0.4 is 10.6 Å². The maximum absolute atomic E-state index is 12.7. The second-order valence-corrected chi connectivity index (χ2v) is 10.1. The summed E-state index contributed by atoms with van der Waals surface area (Å²) in [5, 5.41) is 36.0. The average molecular weight is 557 g/mol. The molecular weight excluding hydrogens is 532 g/mol. The molecule has 2 aromatic carbocycles. The molecule has 4 aromatic rings. The van der Waals surface area contributed by atoms with Gasteiger partial charge < -0.3 is 30.7 Å². The van der Waals surface area contributed by atoms with Crippen LogP contribution in [0.1, 0.15) is 22.4 Å². The lowest BCUT2D eigenvalue weighted by Crippen LogP contribution is -2.33. The van der Waals surface area contributed by atoms with Crippen LogP contribution in [0.2, 0.25) is 0 Å². The van der Waals surface area contributed by atoms with E-state index in [1.165, 1.54) is 23.0 Å². The third-order valence-electron chi connectivity index (χ3n) is 6.12. The summed E-state index contributed by atoms with van der Waals surface area (Å²) >= 11 is 0. The summed E-state index contributed by atoms with van der Waals surface area (Å²) in [5.41, 5.74) is 1.41. The quantitative estimate of drug-likeness (QED) is 0.163. The number of amides is 1. The molecule has 6 N–H and O–H groups in total. The number of para-hydroxylation sites is 1. The lowest BCUT2D eigenvalue weighted by Gasteiger charge is -2.17. The molecule has 0 bridgehead atoms. The number of hydrogen-bond donors (Lipinski definition) is 6. The van der Waals surface area contributed by atoms with Gasteiger partial charge in [-0.15, -0.1) is 0 Å². The van der Waals surface area contributed by atoms with Crippen molar-refractivity contribution in [2.45, 2.75) is 36.0 Å². The Bertz CT molecular complexity index is 1600. The van der Waals surface area contributed by atoms with E-state index < -0.39 is 47.2 Å². The Balaban J connectivity index is 1.46. The van der Waals surface area contributed by atoms with Crippen LogP contribution in [0.15, 0.2) is 65.8 Å². The van der Waals surface area contributed by atoms with Crippen LogP contribution >= 0.6 is 0 Å². The largest absolute Gasteiger partial charge is 0.394 e. The zero-order chi connectivity index (χ0) is 27.7. The molecule has 5 rings (SSSR count). The zero-order valence-corrected chi connectivity index (χ0v) is 20.9. The van der Waals surface area contributed by atoms with Gasteiger partial charge in [0.15, 0.2) is 29.0 Å². The number of fused-ring (bicyclic) bond motifs is 1. The minimum Gasteiger partial charge on any atom is -0.394 e. The summed E-state index contributed by atoms with van der Waals surface area (Å²) in [5.74, 6) is -0.0779. The molecule has 1 saturated heterocycles. The van der Waals surface area contributed by atoms with Gasteiger partial charge in [-0.1, -0.05) is 18.2 Å². The highest BCUT2D eigenvalue weighted by Crippen LogP contribution is 2.33. The first-order valence-corrected chi connectivity index (χ1v) is 13.1. The number of aliphatic hydroxyl groups is 3. The fourth-order valence-electron chi connectivity index (χ4n) is 4.12. The summed E-state index contributed by atoms with van der Waals surface area (Å²) in [4.78, 5) is 25.7. The van der Waals surface area contributed by atoms with Crippen molar-refractivity contribution in [2.24, 2.45) is 0 Å². The Morgan fingerprint density at radius 2 is 1.74 bits per heavy atom. The maximum Gasteiger partial charge on any atom is 0.294 e. The molecule has 1 aliphatic rings. The highest BCUT2D eigenvalue weighted by molar-refractivity contribution is 7.85. The number of rotatable bonds is 8. The molecular formula is C24H24N6O8S. The van der Waals surface area contributed by atoms with Crippen molar-refractivity contribution >= 4 is 38.7 Å². The maximum atomic E-state index is 12.7. The van der Waals surface area contributed by atoms with E-state index in [-0.39, 0.29) is 28.5 Å². The molecule has 15 heteroatoms. The Hall–Kier alpha value is -3.99. The second-order valence-electron chi connectivity index (χ2n) is 8.71. The number of aliphatic hydroxyl groups excluding tert-OH is 3. The molecule has 39 heavy (non-hydrogen) atoms. The van der Waals surface area contributed by atoms with Crippen molar-refractivity contribution in [3.63, 3.8) is 0 Å². The third-order valence-corrected chi connectivity index (χ3v) is 6.98. The van der Waals surface area contributed by atoms with Gasteiger partial charge in [-0.25, -0.2) is 15.0 Å². The molecule has 3 heterocycles. The molecule has 0 unspecified atom stereocenters. The number of ether oxygens (including phenoxy) is 1. The van der Waals surface area contributed by atoms with Crippen LogP contribution in [0.25, 0.3) is 11.2 Å². The van der Waals surface area contributed by atoms with Crippen LogP contribution in [0.5, 0.6) is 0 Å². The van der Waals surface area contributed by atoms with Gasteiger partial charge in [0.1, 0.15) is 18.3 Å². The number of anilines is 2. The lowest BCUT2D eigenvalue weighted by atomic mass is 10.1. The van der Waals surface area contributed by atoms with E-state index in [9.17, 15) is 28.5 Å². The van der Waals surface area contributed by atoms with Gasteiger partial charge in [-0.3, -0.25) is 13.9 Å². The summed E-state index contributed by atoms with van der Waals surface area (Å²) in [6.45, 7) is -0.640. The van der Waals surface area contributed by atoms with Crippen molar-refractivity contribution < 1.29 is 37.8 Å². The summed E-state index contributed by atoms with van der Waals surface area (Å²) in [7, 11) is -4.39. The van der Waals surface area contributed by atoms with Gasteiger partial charge in [0, 0.05) is 11.3 Å². The first-order chi connectivity index (χ1) is 18.7. The molecule has 204 valence electrons. The number of benzene rings is 2. The van der Waals surface area contributed by atoms with Gasteiger partial charge in [0.25, 0.3) is 16.0 Å². The summed E-state index contributed by atoms with van der Waals surface area (Å²) < 4.78 is 38.7. The van der Waals surface area contributed by atoms with Crippen molar-refractivity contribution in [1.29, 1.82) is 0 Å². The number of imidazole rings is 1. The van der Waals surface area contributed by atoms with E-state index in [1.807, 2.05) is 30.3 Å². The Labute approximate surface area is 221 Å². The SMILES string of the molecule is O=C(NCc1nc(Nc2ccccc2)c2ncn([C@@H]3O[C@H](CO)[C@@H](O)[C@@H]3O)c2n1)c1ccc(S(=O)(=O)O)cc1. The first kappa shape index (κ1) is 26.6. The van der Waals surface area contributed by atoms with Crippen LogP contribution in [0.4, 0.5) is 11.5 Å². The highest BCUT2D eigenvalue weighted by Gasteiger charge is 2.44. The fourth-order valence-corrected chi connectivity index (χ4v) is 4.60. The van der Waals surface area contributed by atoms with Gasteiger partial charge in [0.05, 0.1) is 24.4 Å². The monoisotopic (exact) mass is 556 g/mol. The number of nitrogens with zero attached hydrogens (tertiary/aromatic N) is 4. The van der Waals surface area contributed by atoms with E-state index in [0.717, 1.165) is 12.1 Å². The molecule has 4 atom stereocenters. The van der Waals surface area contributed by atoms with Gasteiger partial charge in [-0.05, 0) is 36.4 Å². The van der Waals surface area contributed by atoms with Crippen molar-refractivity contribution in [3.8, 4) is 0 Å². The number of carbonyl (C=O) groups is 1. The van der Waals surface area contributed by atoms with Crippen LogP contribution in [-0.2, 0) is 21.4 Å². The van der Waals surface area contributed by atoms with Crippen LogP contribution in [-0.4, -0.2) is 78.6 Å². The van der Waals surface area contributed by atoms with Crippen LogP contribution in [0, 0.1) is 0 Å². The Morgan fingerprint density at radius 3 is 2.38 bits per heavy atom. The van der Waals surface area contributed by atoms with E-state index in [4.69, 9.17) is 9.29 Å². The molecule has 0 saturated carbocycles. The predicted molar refractivity (Wildman–Crippen MR) is 135 cm³/mol. The molecule has 1 amide bonds. The van der Waals surface area contributed by atoms with Crippen molar-refractivity contribution in [2.75, 3.05) is 11.9 Å². The molecule has 0 radical (unpaired) electrons. The number of hydrogen-bond acceptors (Lipinski definition) is 11. The molecule has 2 aromatic heterocycles. The molecule has 1 aliphatic heterocycles. The molecule has 1 fully saturated rings. The minimum absolute atomic E-state index is 0.139. The van der Waals surface area contributed by atoms with Gasteiger partial charge >= 0.3 is 0 Å². The number of nitrogens with one attached hydrogen (secondary N) is 2. The van der Waals surface area contributed by atoms with E-state index in [0.29, 0.717) is 17.0 Å². The molecule has 0 spiro atoms. The van der Waals surface area contributed by atoms with E-state index >= 15 is 0 Å². The lowest BCUT2D eigenvalue weighted by molar-refractivity contribution is -0.0511. The fraction of sp³-hybridized carbons (Fsp3) is 0.250. The molecule has 14 nitrogen and oxygen atoms in total. The smallest absolute Gasteiger partial charge is 0.294 e. The summed E-state index contributed by atoms with van der Waals surface area (Å²) in [6, 6.07) is 13.8.